The molecule has 2 N–H and O–H groups in total. The third-order valence-electron chi connectivity index (χ3n) is 6.13. The number of anilines is 2. The van der Waals surface area contributed by atoms with E-state index >= 15 is 0 Å². The van der Waals surface area contributed by atoms with E-state index in [0.717, 1.165) is 48.0 Å². The van der Waals surface area contributed by atoms with Crippen LogP contribution in [0.4, 0.5) is 17.5 Å². The maximum Gasteiger partial charge on any atom is 0.273 e. The average Bonchev–Trinajstić information content (AvgIpc) is 2.82. The normalized spacial score (nSPS) is 18.2. The Morgan fingerprint density at radius 1 is 1.09 bits per heavy atom. The van der Waals surface area contributed by atoms with Crippen LogP contribution in [0.1, 0.15) is 31.2 Å². The van der Waals surface area contributed by atoms with Crippen LogP contribution in [0.2, 0.25) is 0 Å². The molecule has 4 rings (SSSR count). The minimum atomic E-state index is -0.408. The van der Waals surface area contributed by atoms with Gasteiger partial charge in [-0.25, -0.2) is 4.98 Å². The molecule has 1 saturated carbocycles. The lowest BCUT2D eigenvalue weighted by Gasteiger charge is -2.30. The molecule has 33 heavy (non-hydrogen) atoms. The zero-order valence-electron chi connectivity index (χ0n) is 19.2. The number of non-ortho nitro benzene ring substituents is 1. The summed E-state index contributed by atoms with van der Waals surface area (Å²) < 4.78 is 5.34. The predicted molar refractivity (Wildman–Crippen MR) is 130 cm³/mol. The Morgan fingerprint density at radius 3 is 2.52 bits per heavy atom. The molecule has 1 heterocycles. The number of rotatable bonds is 8. The molecule has 0 spiro atoms. The summed E-state index contributed by atoms with van der Waals surface area (Å²) >= 11 is 0. The van der Waals surface area contributed by atoms with Crippen LogP contribution in [0.15, 0.2) is 42.5 Å². The van der Waals surface area contributed by atoms with Gasteiger partial charge in [0.1, 0.15) is 11.6 Å². The van der Waals surface area contributed by atoms with E-state index < -0.39 is 4.92 Å². The van der Waals surface area contributed by atoms with Crippen molar-refractivity contribution in [2.75, 3.05) is 31.4 Å². The lowest BCUT2D eigenvalue weighted by Crippen LogP contribution is -2.37. The van der Waals surface area contributed by atoms with E-state index in [1.165, 1.54) is 19.2 Å². The molecule has 0 amide bonds. The maximum atomic E-state index is 11.0. The Kier molecular flexibility index (Phi) is 6.88. The maximum absolute atomic E-state index is 11.0. The quantitative estimate of drug-likeness (QED) is 0.390. The Balaban J connectivity index is 1.34. The summed E-state index contributed by atoms with van der Waals surface area (Å²) in [5.41, 5.74) is 1.89. The van der Waals surface area contributed by atoms with Crippen LogP contribution in [-0.2, 0) is 6.54 Å². The van der Waals surface area contributed by atoms with E-state index in [0.29, 0.717) is 30.3 Å². The fraction of sp³-hybridized carbons (Fsp3) is 0.417. The molecule has 3 aromatic rings. The summed E-state index contributed by atoms with van der Waals surface area (Å²) in [4.78, 5) is 22.1. The second-order valence-corrected chi connectivity index (χ2v) is 8.61. The molecule has 9 heteroatoms. The number of nitrogens with zero attached hydrogens (tertiary/aromatic N) is 4. The highest BCUT2D eigenvalue weighted by atomic mass is 16.6. The topological polar surface area (TPSA) is 105 Å². The summed E-state index contributed by atoms with van der Waals surface area (Å²) in [6.07, 6.45) is 4.09. The molecular formula is C24H30N6O3. The second kappa shape index (κ2) is 9.99. The number of benzene rings is 2. The van der Waals surface area contributed by atoms with Gasteiger partial charge >= 0.3 is 0 Å². The Morgan fingerprint density at radius 2 is 1.82 bits per heavy atom. The van der Waals surface area contributed by atoms with Gasteiger partial charge in [0, 0.05) is 49.7 Å². The number of fused-ring (bicyclic) bond motifs is 1. The van der Waals surface area contributed by atoms with Gasteiger partial charge in [0.15, 0.2) is 0 Å². The third-order valence-corrected chi connectivity index (χ3v) is 6.13. The number of methoxy groups -OCH3 is 1. The van der Waals surface area contributed by atoms with Crippen LogP contribution in [0.25, 0.3) is 10.9 Å². The lowest BCUT2D eigenvalue weighted by atomic mass is 9.91. The van der Waals surface area contributed by atoms with Crippen LogP contribution >= 0.6 is 0 Å². The molecule has 1 aliphatic rings. The molecule has 0 aliphatic heterocycles. The van der Waals surface area contributed by atoms with E-state index in [1.54, 1.807) is 6.07 Å². The van der Waals surface area contributed by atoms with Crippen LogP contribution in [0, 0.1) is 10.1 Å². The molecular weight excluding hydrogens is 420 g/mol. The van der Waals surface area contributed by atoms with E-state index in [1.807, 2.05) is 43.3 Å². The number of para-hydroxylation sites is 1. The van der Waals surface area contributed by atoms with Gasteiger partial charge in [0.2, 0.25) is 5.95 Å². The number of hydrogen-bond donors (Lipinski definition) is 2. The SMILES string of the molecule is COc1cc([N+](=O)[O-])ccc1CNC1CCC(Nc2nc(N(C)C)c3ccccc3n2)CC1. The smallest absolute Gasteiger partial charge is 0.273 e. The molecule has 0 bridgehead atoms. The fourth-order valence-corrected chi connectivity index (χ4v) is 4.34. The molecule has 1 aliphatic carbocycles. The van der Waals surface area contributed by atoms with Crippen molar-refractivity contribution in [2.45, 2.75) is 44.3 Å². The summed E-state index contributed by atoms with van der Waals surface area (Å²) in [7, 11) is 5.53. The second-order valence-electron chi connectivity index (χ2n) is 8.61. The fourth-order valence-electron chi connectivity index (χ4n) is 4.34. The summed E-state index contributed by atoms with van der Waals surface area (Å²) in [5, 5.41) is 19.1. The number of aromatic nitrogens is 2. The Bertz CT molecular complexity index is 1130. The van der Waals surface area contributed by atoms with Gasteiger partial charge in [-0.3, -0.25) is 10.1 Å². The van der Waals surface area contributed by atoms with Crippen molar-refractivity contribution in [3.8, 4) is 5.75 Å². The largest absolute Gasteiger partial charge is 0.496 e. The first kappa shape index (κ1) is 22.7. The molecule has 0 saturated heterocycles. The summed E-state index contributed by atoms with van der Waals surface area (Å²) in [5.74, 6) is 2.12. The summed E-state index contributed by atoms with van der Waals surface area (Å²) in [6.45, 7) is 0.615. The molecule has 2 aromatic carbocycles. The molecule has 1 fully saturated rings. The number of nitrogens with one attached hydrogen (secondary N) is 2. The minimum Gasteiger partial charge on any atom is -0.496 e. The molecule has 9 nitrogen and oxygen atoms in total. The zero-order chi connectivity index (χ0) is 23.4. The van der Waals surface area contributed by atoms with Gasteiger partial charge < -0.3 is 20.3 Å². The minimum absolute atomic E-state index is 0.0375. The van der Waals surface area contributed by atoms with E-state index in [4.69, 9.17) is 14.7 Å². The highest BCUT2D eigenvalue weighted by Gasteiger charge is 2.22. The molecule has 174 valence electrons. The molecule has 1 aromatic heterocycles. The van der Waals surface area contributed by atoms with Crippen LogP contribution < -0.4 is 20.3 Å². The van der Waals surface area contributed by atoms with Gasteiger partial charge in [-0.2, -0.15) is 4.98 Å². The van der Waals surface area contributed by atoms with Crippen molar-refractivity contribution in [3.63, 3.8) is 0 Å². The molecule has 0 radical (unpaired) electrons. The number of ether oxygens (including phenoxy) is 1. The van der Waals surface area contributed by atoms with Gasteiger partial charge in [-0.05, 0) is 43.9 Å². The number of hydrogen-bond acceptors (Lipinski definition) is 8. The summed E-state index contributed by atoms with van der Waals surface area (Å²) in [6, 6.07) is 13.5. The molecule has 0 unspecified atom stereocenters. The number of nitro groups is 1. The van der Waals surface area contributed by atoms with Crippen molar-refractivity contribution >= 4 is 28.4 Å². The highest BCUT2D eigenvalue weighted by Crippen LogP contribution is 2.28. The van der Waals surface area contributed by atoms with Crippen molar-refractivity contribution < 1.29 is 9.66 Å². The van der Waals surface area contributed by atoms with Crippen LogP contribution in [0.3, 0.4) is 0 Å². The Hall–Kier alpha value is -3.46. The monoisotopic (exact) mass is 450 g/mol. The number of nitro benzene ring substituents is 1. The van der Waals surface area contributed by atoms with Gasteiger partial charge in [0.05, 0.1) is 23.6 Å². The van der Waals surface area contributed by atoms with E-state index in [2.05, 4.69) is 10.6 Å². The third kappa shape index (κ3) is 5.31. The van der Waals surface area contributed by atoms with Crippen LogP contribution in [0.5, 0.6) is 5.75 Å². The van der Waals surface area contributed by atoms with Gasteiger partial charge in [0.25, 0.3) is 5.69 Å². The van der Waals surface area contributed by atoms with Crippen molar-refractivity contribution in [2.24, 2.45) is 0 Å². The van der Waals surface area contributed by atoms with Crippen LogP contribution in [-0.4, -0.2) is 48.2 Å². The lowest BCUT2D eigenvalue weighted by molar-refractivity contribution is -0.384. The van der Waals surface area contributed by atoms with Crippen molar-refractivity contribution in [3.05, 3.63) is 58.1 Å². The van der Waals surface area contributed by atoms with Gasteiger partial charge in [-0.1, -0.05) is 12.1 Å². The highest BCUT2D eigenvalue weighted by molar-refractivity contribution is 5.90. The first-order valence-electron chi connectivity index (χ1n) is 11.2. The molecule has 0 atom stereocenters. The Labute approximate surface area is 193 Å². The van der Waals surface area contributed by atoms with Gasteiger partial charge in [-0.15, -0.1) is 0 Å². The first-order valence-corrected chi connectivity index (χ1v) is 11.2. The van der Waals surface area contributed by atoms with Crippen molar-refractivity contribution in [1.29, 1.82) is 0 Å². The zero-order valence-corrected chi connectivity index (χ0v) is 19.2. The van der Waals surface area contributed by atoms with Crippen molar-refractivity contribution in [1.82, 2.24) is 15.3 Å². The van der Waals surface area contributed by atoms with E-state index in [9.17, 15) is 10.1 Å². The van der Waals surface area contributed by atoms with E-state index in [-0.39, 0.29) is 5.69 Å². The first-order chi connectivity index (χ1) is 15.9. The predicted octanol–water partition coefficient (Wildman–Crippen LogP) is 4.13. The standard InChI is InChI=1S/C24H30N6O3/c1-29(2)23-20-6-4-5-7-21(20)27-24(28-23)26-18-11-9-17(10-12-18)25-15-16-8-13-19(30(31)32)14-22(16)33-3/h4-8,13-14,17-18,25H,9-12,15H2,1-3H3,(H,26,27,28). The average molecular weight is 451 g/mol.